The molecule has 0 heterocycles. The highest BCUT2D eigenvalue weighted by Gasteiger charge is 2.39. The quantitative estimate of drug-likeness (QED) is 0.499. The van der Waals surface area contributed by atoms with Crippen molar-refractivity contribution in [1.82, 2.24) is 0 Å². The average Bonchev–Trinajstić information content (AvgIpc) is 2.24. The van der Waals surface area contributed by atoms with Crippen molar-refractivity contribution < 1.29 is 8.85 Å². The van der Waals surface area contributed by atoms with Gasteiger partial charge in [-0.25, -0.2) is 0 Å². The van der Waals surface area contributed by atoms with Crippen molar-refractivity contribution in [1.29, 1.82) is 5.26 Å². The summed E-state index contributed by atoms with van der Waals surface area (Å²) >= 11 is 0. The number of nitrogens with zero attached hydrogens (tertiary/aromatic N) is 1. The zero-order valence-corrected chi connectivity index (χ0v) is 17.5. The summed E-state index contributed by atoms with van der Waals surface area (Å²) in [5.41, 5.74) is 0. The summed E-state index contributed by atoms with van der Waals surface area (Å²) in [4.78, 5) is 0. The second kappa shape index (κ2) is 6.68. The Morgan fingerprint density at radius 2 is 1.33 bits per heavy atom. The van der Waals surface area contributed by atoms with E-state index < -0.39 is 22.7 Å². The van der Waals surface area contributed by atoms with Crippen molar-refractivity contribution in [2.24, 2.45) is 0 Å². The molecule has 0 amide bonds. The van der Waals surface area contributed by atoms with Crippen molar-refractivity contribution in [2.45, 2.75) is 83.9 Å². The van der Waals surface area contributed by atoms with Gasteiger partial charge in [0.05, 0.1) is 12.3 Å². The van der Waals surface area contributed by atoms with E-state index >= 15 is 0 Å². The molecule has 0 aliphatic heterocycles. The summed E-state index contributed by atoms with van der Waals surface area (Å²) in [6.45, 7) is 21.8. The predicted octanol–water partition coefficient (Wildman–Crippen LogP) is 5.44. The molecule has 1 atom stereocenters. The molecule has 3 nitrogen and oxygen atoms in total. The van der Waals surface area contributed by atoms with Crippen LogP contribution in [0.4, 0.5) is 0 Å². The lowest BCUT2D eigenvalue weighted by Crippen LogP contribution is -2.43. The zero-order chi connectivity index (χ0) is 17.1. The third-order valence-corrected chi connectivity index (χ3v) is 13.6. The van der Waals surface area contributed by atoms with Crippen LogP contribution in [0.3, 0.4) is 0 Å². The van der Waals surface area contributed by atoms with Gasteiger partial charge >= 0.3 is 0 Å². The van der Waals surface area contributed by atoms with Crippen LogP contribution in [0.25, 0.3) is 0 Å². The van der Waals surface area contributed by atoms with Gasteiger partial charge in [0.15, 0.2) is 14.4 Å². The molecular weight excluding hydrogens is 294 g/mol. The first-order valence-corrected chi connectivity index (χ1v) is 13.4. The van der Waals surface area contributed by atoms with Gasteiger partial charge in [-0.2, -0.15) is 5.26 Å². The molecule has 0 spiro atoms. The summed E-state index contributed by atoms with van der Waals surface area (Å²) in [5.74, 6) is 0. The Hall–Kier alpha value is -0.576. The van der Waals surface area contributed by atoms with Gasteiger partial charge in [-0.05, 0) is 42.3 Å². The predicted molar refractivity (Wildman–Crippen MR) is 95.1 cm³/mol. The highest BCUT2D eigenvalue weighted by atomic mass is 28.4. The SMILES string of the molecule is CC(C)(C)[Si](C)(C)O/C=C/C(C#N)O[Si](C)(C)C(C)(C)C. The highest BCUT2D eigenvalue weighted by molar-refractivity contribution is 6.74. The Morgan fingerprint density at radius 3 is 1.67 bits per heavy atom. The van der Waals surface area contributed by atoms with Crippen LogP contribution in [-0.2, 0) is 8.85 Å². The summed E-state index contributed by atoms with van der Waals surface area (Å²) in [6, 6.07) is 2.22. The molecule has 5 heteroatoms. The molecular formula is C16H33NO2Si2. The number of rotatable bonds is 5. The van der Waals surface area contributed by atoms with Crippen LogP contribution in [0.1, 0.15) is 41.5 Å². The molecule has 0 aliphatic carbocycles. The normalized spacial score (nSPS) is 15.9. The molecule has 0 saturated heterocycles. The molecule has 0 N–H and O–H groups in total. The number of nitriles is 1. The van der Waals surface area contributed by atoms with E-state index in [2.05, 4.69) is 73.8 Å². The Kier molecular flexibility index (Phi) is 6.49. The third-order valence-electron chi connectivity index (χ3n) is 4.78. The van der Waals surface area contributed by atoms with E-state index in [0.717, 1.165) is 0 Å². The largest absolute Gasteiger partial charge is 0.549 e. The maximum Gasteiger partial charge on any atom is 0.249 e. The fourth-order valence-corrected chi connectivity index (χ4v) is 2.95. The lowest BCUT2D eigenvalue weighted by molar-refractivity contribution is 0.269. The van der Waals surface area contributed by atoms with Gasteiger partial charge in [0.2, 0.25) is 8.32 Å². The summed E-state index contributed by atoms with van der Waals surface area (Å²) < 4.78 is 12.0. The van der Waals surface area contributed by atoms with Crippen molar-refractivity contribution >= 4 is 16.6 Å². The van der Waals surface area contributed by atoms with Crippen LogP contribution in [0, 0.1) is 11.3 Å². The Labute approximate surface area is 133 Å². The molecule has 0 fully saturated rings. The highest BCUT2D eigenvalue weighted by Crippen LogP contribution is 2.38. The second-order valence-corrected chi connectivity index (χ2v) is 18.1. The van der Waals surface area contributed by atoms with Gasteiger partial charge in [-0.3, -0.25) is 0 Å². The van der Waals surface area contributed by atoms with E-state index in [4.69, 9.17) is 8.85 Å². The molecule has 21 heavy (non-hydrogen) atoms. The van der Waals surface area contributed by atoms with Gasteiger partial charge in [-0.15, -0.1) is 0 Å². The zero-order valence-electron chi connectivity index (χ0n) is 15.5. The van der Waals surface area contributed by atoms with Crippen molar-refractivity contribution in [3.63, 3.8) is 0 Å². The minimum Gasteiger partial charge on any atom is -0.549 e. The Bertz CT molecular complexity index is 409. The van der Waals surface area contributed by atoms with Gasteiger partial charge in [0.1, 0.15) is 0 Å². The minimum atomic E-state index is -1.94. The van der Waals surface area contributed by atoms with E-state index in [9.17, 15) is 5.26 Å². The topological polar surface area (TPSA) is 42.2 Å². The van der Waals surface area contributed by atoms with Crippen molar-refractivity contribution in [2.75, 3.05) is 0 Å². The van der Waals surface area contributed by atoms with Crippen molar-refractivity contribution in [3.8, 4) is 6.07 Å². The minimum absolute atomic E-state index is 0.0935. The lowest BCUT2D eigenvalue weighted by atomic mass is 10.2. The molecule has 0 radical (unpaired) electrons. The monoisotopic (exact) mass is 327 g/mol. The van der Waals surface area contributed by atoms with Crippen LogP contribution in [0.5, 0.6) is 0 Å². The smallest absolute Gasteiger partial charge is 0.249 e. The summed E-state index contributed by atoms with van der Waals surface area (Å²) in [7, 11) is -3.76. The summed E-state index contributed by atoms with van der Waals surface area (Å²) in [6.07, 6.45) is 2.90. The summed E-state index contributed by atoms with van der Waals surface area (Å²) in [5, 5.41) is 9.54. The molecule has 122 valence electrons. The second-order valence-electron chi connectivity index (χ2n) is 8.63. The van der Waals surface area contributed by atoms with E-state index in [1.807, 2.05) is 0 Å². The number of hydrogen-bond donors (Lipinski definition) is 0. The van der Waals surface area contributed by atoms with Crippen molar-refractivity contribution in [3.05, 3.63) is 12.3 Å². The average molecular weight is 328 g/mol. The van der Waals surface area contributed by atoms with Gasteiger partial charge in [0.25, 0.3) is 0 Å². The molecule has 1 unspecified atom stereocenters. The molecule has 0 rings (SSSR count). The number of hydrogen-bond acceptors (Lipinski definition) is 3. The molecule has 0 bridgehead atoms. The Balaban J connectivity index is 4.83. The molecule has 0 saturated carbocycles. The van der Waals surface area contributed by atoms with E-state index in [1.165, 1.54) is 0 Å². The molecule has 0 aromatic heterocycles. The van der Waals surface area contributed by atoms with Gasteiger partial charge in [0, 0.05) is 0 Å². The van der Waals surface area contributed by atoms with E-state index in [1.54, 1.807) is 12.3 Å². The van der Waals surface area contributed by atoms with Crippen LogP contribution in [0.15, 0.2) is 12.3 Å². The third kappa shape index (κ3) is 5.97. The lowest BCUT2D eigenvalue weighted by Gasteiger charge is -2.37. The first-order chi connectivity index (χ1) is 9.14. The maximum absolute atomic E-state index is 9.30. The standard InChI is InChI=1S/C16H33NO2Si2/c1-15(2,3)20(7,8)18-12-11-14(13-17)19-21(9,10)16(4,5)6/h11-12,14H,1-10H3/b12-11+. The first kappa shape index (κ1) is 20.4. The molecule has 0 aromatic rings. The first-order valence-electron chi connectivity index (χ1n) is 7.56. The van der Waals surface area contributed by atoms with Gasteiger partial charge in [-0.1, -0.05) is 41.5 Å². The van der Waals surface area contributed by atoms with Crippen LogP contribution in [-0.4, -0.2) is 22.7 Å². The van der Waals surface area contributed by atoms with Crippen LogP contribution in [0.2, 0.25) is 36.3 Å². The Morgan fingerprint density at radius 1 is 0.905 bits per heavy atom. The fourth-order valence-electron chi connectivity index (χ4n) is 1.06. The molecule has 0 aromatic carbocycles. The fraction of sp³-hybridized carbons (Fsp3) is 0.812. The van der Waals surface area contributed by atoms with E-state index in [0.29, 0.717) is 0 Å². The van der Waals surface area contributed by atoms with E-state index in [-0.39, 0.29) is 10.1 Å². The van der Waals surface area contributed by atoms with Gasteiger partial charge < -0.3 is 8.85 Å². The maximum atomic E-state index is 9.30. The molecule has 0 aliphatic rings. The van der Waals surface area contributed by atoms with Crippen LogP contribution < -0.4 is 0 Å². The van der Waals surface area contributed by atoms with Crippen LogP contribution >= 0.6 is 0 Å².